The van der Waals surface area contributed by atoms with Crippen LogP contribution in [0.4, 0.5) is 5.69 Å². The highest BCUT2D eigenvalue weighted by atomic mass is 16.5. The molecule has 1 aromatic carbocycles. The van der Waals surface area contributed by atoms with Crippen molar-refractivity contribution in [2.45, 2.75) is 32.4 Å². The summed E-state index contributed by atoms with van der Waals surface area (Å²) in [7, 11) is 3.46. The first kappa shape index (κ1) is 17.0. The number of hydrogen-bond donors (Lipinski definition) is 1. The van der Waals surface area contributed by atoms with Gasteiger partial charge in [0.2, 0.25) is 0 Å². The van der Waals surface area contributed by atoms with Crippen LogP contribution in [0.2, 0.25) is 0 Å². The van der Waals surface area contributed by atoms with Crippen molar-refractivity contribution in [1.29, 1.82) is 0 Å². The summed E-state index contributed by atoms with van der Waals surface area (Å²) in [6.45, 7) is 6.50. The zero-order chi connectivity index (χ0) is 15.0. The highest BCUT2D eigenvalue weighted by Crippen LogP contribution is 2.21. The predicted octanol–water partition coefficient (Wildman–Crippen LogP) is 2.58. The third-order valence-electron chi connectivity index (χ3n) is 3.57. The Hall–Kier alpha value is -1.10. The minimum Gasteiger partial charge on any atom is -0.383 e. The first-order chi connectivity index (χ1) is 9.63. The van der Waals surface area contributed by atoms with E-state index in [0.29, 0.717) is 19.3 Å². The van der Waals surface area contributed by atoms with E-state index in [2.05, 4.69) is 43.0 Å². The second kappa shape index (κ2) is 8.95. The van der Waals surface area contributed by atoms with Crippen LogP contribution in [0.15, 0.2) is 24.3 Å². The molecule has 0 aromatic heterocycles. The fraction of sp³-hybridized carbons (Fsp3) is 0.625. The third kappa shape index (κ3) is 4.78. The van der Waals surface area contributed by atoms with Gasteiger partial charge in [0.1, 0.15) is 0 Å². The molecule has 1 unspecified atom stereocenters. The van der Waals surface area contributed by atoms with Gasteiger partial charge in [-0.3, -0.25) is 0 Å². The Bertz CT molecular complexity index is 367. The van der Waals surface area contributed by atoms with E-state index < -0.39 is 0 Å². The summed E-state index contributed by atoms with van der Waals surface area (Å²) in [5, 5.41) is 0. The van der Waals surface area contributed by atoms with Gasteiger partial charge in [-0.05, 0) is 31.0 Å². The standard InChI is InChI=1S/C16H28N2O2/c1-5-16(17)14-6-8-15(9-7-14)18(10-11-19-3)13(2)12-20-4/h6-9,13,16H,5,10-12,17H2,1-4H3/t13?,16-/m0/s1. The number of nitrogens with zero attached hydrogens (tertiary/aromatic N) is 1. The molecule has 0 bridgehead atoms. The van der Waals surface area contributed by atoms with E-state index >= 15 is 0 Å². The van der Waals surface area contributed by atoms with Crippen LogP contribution in [-0.2, 0) is 9.47 Å². The molecular formula is C16H28N2O2. The fourth-order valence-corrected chi connectivity index (χ4v) is 2.27. The van der Waals surface area contributed by atoms with E-state index in [1.807, 2.05) is 0 Å². The maximum absolute atomic E-state index is 6.05. The molecule has 114 valence electrons. The Labute approximate surface area is 122 Å². The summed E-state index contributed by atoms with van der Waals surface area (Å²) in [5.41, 5.74) is 8.42. The lowest BCUT2D eigenvalue weighted by Crippen LogP contribution is -2.38. The van der Waals surface area contributed by atoms with Crippen LogP contribution in [0.5, 0.6) is 0 Å². The number of hydrogen-bond acceptors (Lipinski definition) is 4. The molecule has 2 atom stereocenters. The molecule has 4 heteroatoms. The van der Waals surface area contributed by atoms with Gasteiger partial charge in [0.15, 0.2) is 0 Å². The van der Waals surface area contributed by atoms with Crippen LogP contribution < -0.4 is 10.6 Å². The normalized spacial score (nSPS) is 14.1. The van der Waals surface area contributed by atoms with Gasteiger partial charge in [-0.25, -0.2) is 0 Å². The zero-order valence-electron chi connectivity index (χ0n) is 13.1. The molecule has 1 aromatic rings. The zero-order valence-corrected chi connectivity index (χ0v) is 13.1. The molecular weight excluding hydrogens is 252 g/mol. The number of benzene rings is 1. The SMILES string of the molecule is CC[C@H](N)c1ccc(N(CCOC)C(C)COC)cc1. The Morgan fingerprint density at radius 2 is 1.80 bits per heavy atom. The van der Waals surface area contributed by atoms with E-state index in [0.717, 1.165) is 13.0 Å². The molecule has 4 nitrogen and oxygen atoms in total. The van der Waals surface area contributed by atoms with E-state index in [9.17, 15) is 0 Å². The quantitative estimate of drug-likeness (QED) is 0.755. The average molecular weight is 280 g/mol. The molecule has 0 saturated carbocycles. The Kier molecular flexibility index (Phi) is 7.59. The fourth-order valence-electron chi connectivity index (χ4n) is 2.27. The van der Waals surface area contributed by atoms with E-state index in [4.69, 9.17) is 15.2 Å². The van der Waals surface area contributed by atoms with Crippen molar-refractivity contribution in [1.82, 2.24) is 0 Å². The van der Waals surface area contributed by atoms with Crippen molar-refractivity contribution in [3.8, 4) is 0 Å². The molecule has 0 fully saturated rings. The lowest BCUT2D eigenvalue weighted by Gasteiger charge is -2.31. The molecule has 0 spiro atoms. The highest BCUT2D eigenvalue weighted by molar-refractivity contribution is 5.49. The van der Waals surface area contributed by atoms with Gasteiger partial charge < -0.3 is 20.1 Å². The Balaban J connectivity index is 2.84. The Morgan fingerprint density at radius 3 is 2.30 bits per heavy atom. The predicted molar refractivity (Wildman–Crippen MR) is 84.2 cm³/mol. The van der Waals surface area contributed by atoms with E-state index in [-0.39, 0.29) is 6.04 Å². The molecule has 20 heavy (non-hydrogen) atoms. The summed E-state index contributed by atoms with van der Waals surface area (Å²) in [4.78, 5) is 2.30. The molecule has 0 aliphatic rings. The van der Waals surface area contributed by atoms with E-state index in [1.54, 1.807) is 14.2 Å². The van der Waals surface area contributed by atoms with Crippen molar-refractivity contribution in [2.75, 3.05) is 38.9 Å². The van der Waals surface area contributed by atoms with Gasteiger partial charge >= 0.3 is 0 Å². The van der Waals surface area contributed by atoms with Crippen LogP contribution in [0, 0.1) is 0 Å². The van der Waals surface area contributed by atoms with Crippen LogP contribution in [0.25, 0.3) is 0 Å². The first-order valence-corrected chi connectivity index (χ1v) is 7.24. The molecule has 0 saturated heterocycles. The van der Waals surface area contributed by atoms with Gasteiger partial charge in [-0.15, -0.1) is 0 Å². The molecule has 2 N–H and O–H groups in total. The van der Waals surface area contributed by atoms with Crippen molar-refractivity contribution in [2.24, 2.45) is 5.73 Å². The second-order valence-electron chi connectivity index (χ2n) is 5.10. The summed E-state index contributed by atoms with van der Waals surface area (Å²) in [6, 6.07) is 8.92. The lowest BCUT2D eigenvalue weighted by atomic mass is 10.0. The largest absolute Gasteiger partial charge is 0.383 e. The number of rotatable bonds is 9. The average Bonchev–Trinajstić information content (AvgIpc) is 2.48. The van der Waals surface area contributed by atoms with Crippen molar-refractivity contribution in [3.05, 3.63) is 29.8 Å². The number of ether oxygens (including phenoxy) is 2. The van der Waals surface area contributed by atoms with Crippen LogP contribution in [-0.4, -0.2) is 40.0 Å². The van der Waals surface area contributed by atoms with Crippen molar-refractivity contribution < 1.29 is 9.47 Å². The summed E-state index contributed by atoms with van der Waals surface area (Å²) in [6.07, 6.45) is 0.951. The van der Waals surface area contributed by atoms with Gasteiger partial charge in [0, 0.05) is 38.5 Å². The van der Waals surface area contributed by atoms with E-state index in [1.165, 1.54) is 11.3 Å². The molecule has 0 aliphatic heterocycles. The third-order valence-corrected chi connectivity index (χ3v) is 3.57. The van der Waals surface area contributed by atoms with Gasteiger partial charge in [-0.2, -0.15) is 0 Å². The van der Waals surface area contributed by atoms with Crippen molar-refractivity contribution in [3.63, 3.8) is 0 Å². The molecule has 0 amide bonds. The monoisotopic (exact) mass is 280 g/mol. The van der Waals surface area contributed by atoms with Crippen LogP contribution >= 0.6 is 0 Å². The van der Waals surface area contributed by atoms with Gasteiger partial charge in [0.05, 0.1) is 13.2 Å². The maximum atomic E-state index is 6.05. The Morgan fingerprint density at radius 1 is 1.15 bits per heavy atom. The molecule has 0 heterocycles. The topological polar surface area (TPSA) is 47.7 Å². The molecule has 0 aliphatic carbocycles. The summed E-state index contributed by atoms with van der Waals surface area (Å²) < 4.78 is 10.5. The number of anilines is 1. The molecule has 1 rings (SSSR count). The van der Waals surface area contributed by atoms with Crippen molar-refractivity contribution >= 4 is 5.69 Å². The number of nitrogens with two attached hydrogens (primary N) is 1. The van der Waals surface area contributed by atoms with Crippen LogP contribution in [0.3, 0.4) is 0 Å². The van der Waals surface area contributed by atoms with Gasteiger partial charge in [-0.1, -0.05) is 19.1 Å². The first-order valence-electron chi connectivity index (χ1n) is 7.24. The minimum atomic E-state index is 0.118. The molecule has 0 radical (unpaired) electrons. The second-order valence-corrected chi connectivity index (χ2v) is 5.10. The number of methoxy groups -OCH3 is 2. The van der Waals surface area contributed by atoms with Gasteiger partial charge in [0.25, 0.3) is 0 Å². The maximum Gasteiger partial charge on any atom is 0.0663 e. The summed E-state index contributed by atoms with van der Waals surface area (Å²) in [5.74, 6) is 0. The highest BCUT2D eigenvalue weighted by Gasteiger charge is 2.14. The minimum absolute atomic E-state index is 0.118. The van der Waals surface area contributed by atoms with Crippen LogP contribution in [0.1, 0.15) is 31.9 Å². The lowest BCUT2D eigenvalue weighted by molar-refractivity contribution is 0.171. The smallest absolute Gasteiger partial charge is 0.0663 e. The summed E-state index contributed by atoms with van der Waals surface area (Å²) >= 11 is 0.